The minimum absolute atomic E-state index is 0.00109. The molecule has 0 spiro atoms. The van der Waals surface area contributed by atoms with E-state index in [1.165, 1.54) is 11.8 Å². The van der Waals surface area contributed by atoms with E-state index in [1.54, 1.807) is 14.2 Å². The maximum absolute atomic E-state index is 12.8. The average molecular weight is 376 g/mol. The number of hydrogen-bond donors (Lipinski definition) is 0. The van der Waals surface area contributed by atoms with Crippen molar-refractivity contribution in [2.45, 2.75) is 38.0 Å². The molecule has 1 atom stereocenters. The Hall–Kier alpha value is -2.15. The summed E-state index contributed by atoms with van der Waals surface area (Å²) < 4.78 is 16.4. The Bertz CT molecular complexity index is 770. The lowest BCUT2D eigenvalue weighted by atomic mass is 10.0. The van der Waals surface area contributed by atoms with Gasteiger partial charge in [-0.25, -0.2) is 4.98 Å². The highest BCUT2D eigenvalue weighted by molar-refractivity contribution is 7.99. The first-order valence-electron chi connectivity index (χ1n) is 8.61. The Morgan fingerprint density at radius 3 is 2.81 bits per heavy atom. The summed E-state index contributed by atoms with van der Waals surface area (Å²) in [5.41, 5.74) is 1.85. The van der Waals surface area contributed by atoms with Gasteiger partial charge < -0.3 is 18.8 Å². The van der Waals surface area contributed by atoms with Crippen molar-refractivity contribution < 1.29 is 18.7 Å². The molecule has 3 rings (SSSR count). The molecular formula is C19H24N2O4S. The summed E-state index contributed by atoms with van der Waals surface area (Å²) in [4.78, 5) is 19.1. The summed E-state index contributed by atoms with van der Waals surface area (Å²) in [6.07, 6.45) is 1.88. The van der Waals surface area contributed by atoms with Crippen LogP contribution in [0.2, 0.25) is 0 Å². The second-order valence-corrected chi connectivity index (χ2v) is 7.19. The molecule has 6 nitrogen and oxygen atoms in total. The molecule has 1 aliphatic heterocycles. The van der Waals surface area contributed by atoms with Crippen LogP contribution in [0.5, 0.6) is 11.5 Å². The molecule has 1 aliphatic rings. The minimum Gasteiger partial charge on any atom is -0.497 e. The summed E-state index contributed by atoms with van der Waals surface area (Å²) in [5, 5.41) is 0.544. The molecule has 2 aromatic rings. The minimum atomic E-state index is 0.00109. The van der Waals surface area contributed by atoms with Gasteiger partial charge in [0, 0.05) is 12.1 Å². The smallest absolute Gasteiger partial charge is 0.256 e. The standard InChI is InChI=1S/C19H24N2O4S/c1-12-13(2)25-19(20-12)26-11-18(22)21-9-5-6-16(21)15-10-14(23-3)7-8-17(15)24-4/h7-8,10,16H,5-6,9,11H2,1-4H3. The number of methoxy groups -OCH3 is 2. The Morgan fingerprint density at radius 2 is 2.15 bits per heavy atom. The number of thioether (sulfide) groups is 1. The third-order valence-corrected chi connectivity index (χ3v) is 5.51. The van der Waals surface area contributed by atoms with Gasteiger partial charge in [-0.2, -0.15) is 0 Å². The summed E-state index contributed by atoms with van der Waals surface area (Å²) in [6.45, 7) is 4.52. The largest absolute Gasteiger partial charge is 0.497 e. The fraction of sp³-hybridized carbons (Fsp3) is 0.474. The molecular weight excluding hydrogens is 352 g/mol. The summed E-state index contributed by atoms with van der Waals surface area (Å²) in [6, 6.07) is 5.72. The number of aryl methyl sites for hydroxylation is 2. The zero-order valence-electron chi connectivity index (χ0n) is 15.6. The number of amides is 1. The molecule has 2 heterocycles. The highest BCUT2D eigenvalue weighted by atomic mass is 32.2. The molecule has 0 N–H and O–H groups in total. The van der Waals surface area contributed by atoms with Gasteiger partial charge >= 0.3 is 0 Å². The molecule has 26 heavy (non-hydrogen) atoms. The van der Waals surface area contributed by atoms with E-state index in [0.717, 1.165) is 47.9 Å². The first-order valence-corrected chi connectivity index (χ1v) is 9.60. The van der Waals surface area contributed by atoms with E-state index in [9.17, 15) is 4.79 Å². The summed E-state index contributed by atoms with van der Waals surface area (Å²) in [7, 11) is 3.29. The second-order valence-electron chi connectivity index (χ2n) is 6.26. The number of hydrogen-bond acceptors (Lipinski definition) is 6. The SMILES string of the molecule is COc1ccc(OC)c(C2CCCN2C(=O)CSc2nc(C)c(C)o2)c1. The van der Waals surface area contributed by atoms with Crippen LogP contribution in [0.4, 0.5) is 0 Å². The Balaban J connectivity index is 1.74. The number of nitrogens with zero attached hydrogens (tertiary/aromatic N) is 2. The van der Waals surface area contributed by atoms with Crippen LogP contribution in [-0.4, -0.2) is 42.3 Å². The highest BCUT2D eigenvalue weighted by Crippen LogP contribution is 2.39. The van der Waals surface area contributed by atoms with Gasteiger partial charge in [-0.1, -0.05) is 11.8 Å². The number of rotatable bonds is 6. The number of likely N-dealkylation sites (tertiary alicyclic amines) is 1. The molecule has 1 amide bonds. The number of aromatic nitrogens is 1. The van der Waals surface area contributed by atoms with Crippen LogP contribution in [0.1, 0.15) is 35.9 Å². The second kappa shape index (κ2) is 8.03. The Morgan fingerprint density at radius 1 is 1.35 bits per heavy atom. The third-order valence-electron chi connectivity index (χ3n) is 4.70. The fourth-order valence-electron chi connectivity index (χ4n) is 3.20. The van der Waals surface area contributed by atoms with Gasteiger partial charge in [-0.15, -0.1) is 0 Å². The van der Waals surface area contributed by atoms with Crippen molar-refractivity contribution in [1.82, 2.24) is 9.88 Å². The van der Waals surface area contributed by atoms with Crippen molar-refractivity contribution in [3.63, 3.8) is 0 Å². The van der Waals surface area contributed by atoms with E-state index >= 15 is 0 Å². The molecule has 1 unspecified atom stereocenters. The number of benzene rings is 1. The molecule has 7 heteroatoms. The lowest BCUT2D eigenvalue weighted by Crippen LogP contribution is -2.32. The summed E-state index contributed by atoms with van der Waals surface area (Å²) >= 11 is 1.34. The predicted molar refractivity (Wildman–Crippen MR) is 99.9 cm³/mol. The van der Waals surface area contributed by atoms with Crippen LogP contribution in [0.3, 0.4) is 0 Å². The van der Waals surface area contributed by atoms with E-state index in [2.05, 4.69) is 4.98 Å². The van der Waals surface area contributed by atoms with Crippen LogP contribution < -0.4 is 9.47 Å². The van der Waals surface area contributed by atoms with Gasteiger partial charge in [0.1, 0.15) is 17.3 Å². The average Bonchev–Trinajstić information content (AvgIpc) is 3.26. The lowest BCUT2D eigenvalue weighted by Gasteiger charge is -2.26. The normalized spacial score (nSPS) is 16.8. The molecule has 1 aromatic carbocycles. The molecule has 1 fully saturated rings. The number of carbonyl (C=O) groups is 1. The molecule has 0 saturated carbocycles. The maximum atomic E-state index is 12.8. The molecule has 0 radical (unpaired) electrons. The first-order chi connectivity index (χ1) is 12.5. The van der Waals surface area contributed by atoms with Crippen LogP contribution in [0.25, 0.3) is 0 Å². The number of carbonyl (C=O) groups excluding carboxylic acids is 1. The third kappa shape index (κ3) is 3.82. The highest BCUT2D eigenvalue weighted by Gasteiger charge is 2.32. The van der Waals surface area contributed by atoms with Crippen molar-refractivity contribution in [2.24, 2.45) is 0 Å². The molecule has 140 valence electrons. The van der Waals surface area contributed by atoms with Crippen molar-refractivity contribution in [3.8, 4) is 11.5 Å². The number of ether oxygens (including phenoxy) is 2. The van der Waals surface area contributed by atoms with Gasteiger partial charge in [0.05, 0.1) is 31.7 Å². The van der Waals surface area contributed by atoms with Crippen LogP contribution in [0, 0.1) is 13.8 Å². The van der Waals surface area contributed by atoms with Crippen LogP contribution in [0.15, 0.2) is 27.8 Å². The van der Waals surface area contributed by atoms with E-state index in [0.29, 0.717) is 11.0 Å². The summed E-state index contributed by atoms with van der Waals surface area (Å²) in [5.74, 6) is 2.72. The number of oxazole rings is 1. The molecule has 0 bridgehead atoms. The quantitative estimate of drug-likeness (QED) is 0.715. The predicted octanol–water partition coefficient (Wildman–Crippen LogP) is 3.76. The zero-order chi connectivity index (χ0) is 18.7. The van der Waals surface area contributed by atoms with Crippen molar-refractivity contribution in [1.29, 1.82) is 0 Å². The van der Waals surface area contributed by atoms with Crippen molar-refractivity contribution in [2.75, 3.05) is 26.5 Å². The van der Waals surface area contributed by atoms with Crippen LogP contribution >= 0.6 is 11.8 Å². The zero-order valence-corrected chi connectivity index (χ0v) is 16.4. The lowest BCUT2D eigenvalue weighted by molar-refractivity contribution is -0.129. The topological polar surface area (TPSA) is 64.8 Å². The van der Waals surface area contributed by atoms with E-state index < -0.39 is 0 Å². The monoisotopic (exact) mass is 376 g/mol. The fourth-order valence-corrected chi connectivity index (χ4v) is 4.00. The van der Waals surface area contributed by atoms with E-state index in [-0.39, 0.29) is 11.9 Å². The van der Waals surface area contributed by atoms with E-state index in [1.807, 2.05) is 36.9 Å². The maximum Gasteiger partial charge on any atom is 0.256 e. The van der Waals surface area contributed by atoms with Gasteiger partial charge in [-0.05, 0) is 44.9 Å². The van der Waals surface area contributed by atoms with Gasteiger partial charge in [-0.3, -0.25) is 4.79 Å². The van der Waals surface area contributed by atoms with Gasteiger partial charge in [0.25, 0.3) is 5.22 Å². The van der Waals surface area contributed by atoms with Crippen LogP contribution in [-0.2, 0) is 4.79 Å². The van der Waals surface area contributed by atoms with E-state index in [4.69, 9.17) is 13.9 Å². The Kier molecular flexibility index (Phi) is 5.76. The Labute approximate surface area is 157 Å². The van der Waals surface area contributed by atoms with Gasteiger partial charge in [0.15, 0.2) is 0 Å². The first kappa shape index (κ1) is 18.6. The molecule has 1 saturated heterocycles. The molecule has 0 aliphatic carbocycles. The molecule has 1 aromatic heterocycles. The van der Waals surface area contributed by atoms with Crippen molar-refractivity contribution >= 4 is 17.7 Å². The van der Waals surface area contributed by atoms with Gasteiger partial charge in [0.2, 0.25) is 5.91 Å². The van der Waals surface area contributed by atoms with Crippen molar-refractivity contribution in [3.05, 3.63) is 35.2 Å².